The molecule has 2 aromatic heterocycles. The van der Waals surface area contributed by atoms with Gasteiger partial charge in [-0.05, 0) is 31.5 Å². The summed E-state index contributed by atoms with van der Waals surface area (Å²) in [5.41, 5.74) is 2.57. The summed E-state index contributed by atoms with van der Waals surface area (Å²) in [6, 6.07) is 5.80. The number of fused-ring (bicyclic) bond motifs is 1. The number of hydrogen-bond acceptors (Lipinski definition) is 5. The van der Waals surface area contributed by atoms with Crippen molar-refractivity contribution in [2.75, 3.05) is 14.2 Å². The minimum Gasteiger partial charge on any atom is -0.497 e. The number of thiazole rings is 1. The number of nitrogens with one attached hydrogen (secondary N) is 1. The van der Waals surface area contributed by atoms with Crippen molar-refractivity contribution in [3.63, 3.8) is 0 Å². The summed E-state index contributed by atoms with van der Waals surface area (Å²) in [5, 5.41) is 4.98. The Labute approximate surface area is 156 Å². The fourth-order valence-electron chi connectivity index (χ4n) is 2.69. The van der Waals surface area contributed by atoms with Crippen LogP contribution in [-0.2, 0) is 11.2 Å². The van der Waals surface area contributed by atoms with E-state index >= 15 is 0 Å². The Morgan fingerprint density at radius 2 is 2.15 bits per heavy atom. The van der Waals surface area contributed by atoms with Gasteiger partial charge in [-0.25, -0.2) is 4.98 Å². The molecule has 3 rings (SSSR count). The third-order valence-electron chi connectivity index (χ3n) is 4.33. The van der Waals surface area contributed by atoms with Gasteiger partial charge in [-0.15, -0.1) is 11.3 Å². The van der Waals surface area contributed by atoms with Gasteiger partial charge in [0.1, 0.15) is 11.5 Å². The highest BCUT2D eigenvalue weighted by Crippen LogP contribution is 2.34. The van der Waals surface area contributed by atoms with Crippen LogP contribution < -0.4 is 14.8 Å². The molecule has 7 heteroatoms. The third-order valence-corrected chi connectivity index (χ3v) is 5.22. The number of benzene rings is 1. The van der Waals surface area contributed by atoms with Crippen LogP contribution in [-0.4, -0.2) is 35.6 Å². The molecule has 26 heavy (non-hydrogen) atoms. The van der Waals surface area contributed by atoms with Crippen molar-refractivity contribution in [3.05, 3.63) is 35.5 Å². The fraction of sp³-hybridized carbons (Fsp3) is 0.368. The maximum absolute atomic E-state index is 12.2. The Morgan fingerprint density at radius 3 is 2.85 bits per heavy atom. The van der Waals surface area contributed by atoms with Crippen LogP contribution in [0.3, 0.4) is 0 Å². The molecule has 2 heterocycles. The molecule has 0 aliphatic rings. The Balaban J connectivity index is 1.92. The lowest BCUT2D eigenvalue weighted by Gasteiger charge is -2.10. The quantitative estimate of drug-likeness (QED) is 0.688. The molecule has 138 valence electrons. The van der Waals surface area contributed by atoms with E-state index < -0.39 is 0 Å². The van der Waals surface area contributed by atoms with Crippen molar-refractivity contribution in [3.8, 4) is 22.8 Å². The molecular formula is C19H23N3O3S. The van der Waals surface area contributed by atoms with Gasteiger partial charge in [0.05, 0.1) is 26.3 Å². The van der Waals surface area contributed by atoms with E-state index in [9.17, 15) is 4.79 Å². The standard InChI is InChI=1S/C19H23N3O3S/c1-5-12(2)20-18(23)8-13-11-26-19-21-16(10-22(13)19)15-9-14(24-3)6-7-17(15)25-4/h6-7,9-12H,5,8H2,1-4H3,(H,20,23). The van der Waals surface area contributed by atoms with E-state index in [0.717, 1.165) is 39.8 Å². The molecule has 0 bridgehead atoms. The summed E-state index contributed by atoms with van der Waals surface area (Å²) >= 11 is 1.52. The van der Waals surface area contributed by atoms with Gasteiger partial charge in [0.15, 0.2) is 4.96 Å². The summed E-state index contributed by atoms with van der Waals surface area (Å²) in [6.45, 7) is 4.06. The Morgan fingerprint density at radius 1 is 1.35 bits per heavy atom. The molecule has 0 aliphatic carbocycles. The number of amides is 1. The highest BCUT2D eigenvalue weighted by atomic mass is 32.1. The molecule has 1 amide bonds. The molecule has 0 spiro atoms. The molecular weight excluding hydrogens is 350 g/mol. The van der Waals surface area contributed by atoms with Gasteiger partial charge in [0.2, 0.25) is 5.91 Å². The third kappa shape index (κ3) is 3.67. The van der Waals surface area contributed by atoms with E-state index in [1.807, 2.05) is 41.1 Å². The average molecular weight is 373 g/mol. The van der Waals surface area contributed by atoms with Gasteiger partial charge in [-0.3, -0.25) is 9.20 Å². The monoisotopic (exact) mass is 373 g/mol. The first kappa shape index (κ1) is 18.3. The Bertz CT molecular complexity index is 916. The molecule has 0 saturated carbocycles. The SMILES string of the molecule is CCC(C)NC(=O)Cc1csc2nc(-c3cc(OC)ccc3OC)cn12. The second-order valence-corrected chi connectivity index (χ2v) is 6.96. The number of ether oxygens (including phenoxy) is 2. The number of imidazole rings is 1. The average Bonchev–Trinajstić information content (AvgIpc) is 3.22. The number of hydrogen-bond donors (Lipinski definition) is 1. The first-order valence-corrected chi connectivity index (χ1v) is 9.40. The molecule has 1 N–H and O–H groups in total. The molecule has 0 saturated heterocycles. The Hall–Kier alpha value is -2.54. The summed E-state index contributed by atoms with van der Waals surface area (Å²) in [5.74, 6) is 1.49. The van der Waals surface area contributed by atoms with Crippen molar-refractivity contribution >= 4 is 22.2 Å². The second-order valence-electron chi connectivity index (χ2n) is 6.13. The maximum Gasteiger partial charge on any atom is 0.226 e. The topological polar surface area (TPSA) is 64.9 Å². The van der Waals surface area contributed by atoms with Crippen molar-refractivity contribution in [1.29, 1.82) is 0 Å². The smallest absolute Gasteiger partial charge is 0.226 e. The van der Waals surface area contributed by atoms with Gasteiger partial charge < -0.3 is 14.8 Å². The molecule has 6 nitrogen and oxygen atoms in total. The van der Waals surface area contributed by atoms with Crippen molar-refractivity contribution < 1.29 is 14.3 Å². The molecule has 3 aromatic rings. The summed E-state index contributed by atoms with van der Waals surface area (Å²) in [7, 11) is 3.26. The summed E-state index contributed by atoms with van der Waals surface area (Å²) in [6.07, 6.45) is 3.18. The molecule has 0 aliphatic heterocycles. The van der Waals surface area contributed by atoms with Gasteiger partial charge in [-0.1, -0.05) is 6.92 Å². The number of nitrogens with zero attached hydrogens (tertiary/aromatic N) is 2. The van der Waals surface area contributed by atoms with Crippen LogP contribution in [0.4, 0.5) is 0 Å². The van der Waals surface area contributed by atoms with Gasteiger partial charge in [-0.2, -0.15) is 0 Å². The zero-order valence-electron chi connectivity index (χ0n) is 15.4. The van der Waals surface area contributed by atoms with Crippen LogP contribution in [0, 0.1) is 0 Å². The fourth-order valence-corrected chi connectivity index (χ4v) is 3.57. The first-order valence-electron chi connectivity index (χ1n) is 8.53. The number of methoxy groups -OCH3 is 2. The number of rotatable bonds is 7. The van der Waals surface area contributed by atoms with E-state index in [2.05, 4.69) is 17.2 Å². The van der Waals surface area contributed by atoms with Crippen LogP contribution in [0.1, 0.15) is 26.0 Å². The summed E-state index contributed by atoms with van der Waals surface area (Å²) < 4.78 is 12.7. The predicted molar refractivity (Wildman–Crippen MR) is 103 cm³/mol. The largest absolute Gasteiger partial charge is 0.497 e. The Kier molecular flexibility index (Phi) is 5.46. The summed E-state index contributed by atoms with van der Waals surface area (Å²) in [4.78, 5) is 17.7. The zero-order valence-corrected chi connectivity index (χ0v) is 16.2. The van der Waals surface area contributed by atoms with Gasteiger partial charge in [0, 0.05) is 28.9 Å². The predicted octanol–water partition coefficient (Wildman–Crippen LogP) is 3.54. The van der Waals surface area contributed by atoms with Crippen LogP contribution in [0.2, 0.25) is 0 Å². The van der Waals surface area contributed by atoms with E-state index in [-0.39, 0.29) is 11.9 Å². The molecule has 1 atom stereocenters. The molecule has 1 aromatic carbocycles. The number of aromatic nitrogens is 2. The van der Waals surface area contributed by atoms with E-state index in [0.29, 0.717) is 6.42 Å². The van der Waals surface area contributed by atoms with Crippen molar-refractivity contribution in [2.24, 2.45) is 0 Å². The lowest BCUT2D eigenvalue weighted by molar-refractivity contribution is -0.121. The highest BCUT2D eigenvalue weighted by molar-refractivity contribution is 7.15. The van der Waals surface area contributed by atoms with E-state index in [1.54, 1.807) is 14.2 Å². The van der Waals surface area contributed by atoms with Crippen LogP contribution in [0.5, 0.6) is 11.5 Å². The first-order chi connectivity index (χ1) is 12.5. The minimum absolute atomic E-state index is 0.0215. The molecule has 0 fully saturated rings. The molecule has 0 radical (unpaired) electrons. The lowest BCUT2D eigenvalue weighted by Crippen LogP contribution is -2.33. The van der Waals surface area contributed by atoms with Crippen LogP contribution in [0.15, 0.2) is 29.8 Å². The maximum atomic E-state index is 12.2. The molecule has 1 unspecified atom stereocenters. The van der Waals surface area contributed by atoms with Gasteiger partial charge in [0.25, 0.3) is 0 Å². The van der Waals surface area contributed by atoms with Crippen LogP contribution >= 0.6 is 11.3 Å². The van der Waals surface area contributed by atoms with Crippen molar-refractivity contribution in [2.45, 2.75) is 32.7 Å². The van der Waals surface area contributed by atoms with Crippen LogP contribution in [0.25, 0.3) is 16.2 Å². The minimum atomic E-state index is 0.0215. The second kappa shape index (κ2) is 7.78. The zero-order chi connectivity index (χ0) is 18.7. The highest BCUT2D eigenvalue weighted by Gasteiger charge is 2.16. The van der Waals surface area contributed by atoms with E-state index in [4.69, 9.17) is 9.47 Å². The van der Waals surface area contributed by atoms with Gasteiger partial charge >= 0.3 is 0 Å². The number of carbonyl (C=O) groups excluding carboxylic acids is 1. The number of carbonyl (C=O) groups is 1. The van der Waals surface area contributed by atoms with Crippen molar-refractivity contribution in [1.82, 2.24) is 14.7 Å². The lowest BCUT2D eigenvalue weighted by atomic mass is 10.1. The normalized spacial score (nSPS) is 12.2. The van der Waals surface area contributed by atoms with E-state index in [1.165, 1.54) is 11.3 Å².